The van der Waals surface area contributed by atoms with Gasteiger partial charge in [0.1, 0.15) is 5.75 Å². The van der Waals surface area contributed by atoms with E-state index in [1.54, 1.807) is 11.3 Å². The van der Waals surface area contributed by atoms with Gasteiger partial charge in [0.2, 0.25) is 0 Å². The van der Waals surface area contributed by atoms with Gasteiger partial charge in [0.05, 0.1) is 22.0 Å². The van der Waals surface area contributed by atoms with E-state index in [2.05, 4.69) is 47.1 Å². The van der Waals surface area contributed by atoms with Crippen molar-refractivity contribution < 1.29 is 9.53 Å². The fourth-order valence-corrected chi connectivity index (χ4v) is 4.80. The molecular formula is C27H25N3O2S. The molecule has 0 saturated heterocycles. The van der Waals surface area contributed by atoms with Crippen LogP contribution in [-0.4, -0.2) is 21.4 Å². The molecule has 5 aromatic rings. The monoisotopic (exact) mass is 455 g/mol. The molecule has 0 aliphatic carbocycles. The van der Waals surface area contributed by atoms with E-state index in [1.165, 1.54) is 5.56 Å². The molecule has 1 amide bonds. The number of ether oxygens (including phenoxy) is 1. The summed E-state index contributed by atoms with van der Waals surface area (Å²) in [7, 11) is 0. The molecule has 2 heterocycles. The lowest BCUT2D eigenvalue weighted by Gasteiger charge is -2.10. The summed E-state index contributed by atoms with van der Waals surface area (Å²) in [6, 6.07) is 22.0. The van der Waals surface area contributed by atoms with Gasteiger partial charge in [0, 0.05) is 23.9 Å². The first kappa shape index (κ1) is 21.2. The number of carbonyl (C=O) groups is 1. The lowest BCUT2D eigenvalue weighted by Crippen LogP contribution is -2.22. The van der Waals surface area contributed by atoms with Crippen LogP contribution in [0, 0.1) is 6.92 Å². The van der Waals surface area contributed by atoms with Crippen molar-refractivity contribution >= 4 is 32.4 Å². The predicted octanol–water partition coefficient (Wildman–Crippen LogP) is 6.24. The summed E-state index contributed by atoms with van der Waals surface area (Å²) in [6.07, 6.45) is 2.20. The number of benzene rings is 3. The third-order valence-electron chi connectivity index (χ3n) is 5.45. The largest absolute Gasteiger partial charge is 0.491 e. The standard InChI is InChI=1S/C27H25N3O2S/c1-17(2)32-22-11-6-19(7-12-22)15-28-26(31)21-10-13-24-25(14-21)33-27-29-23(16-30(24)27)20-8-4-18(3)5-9-20/h4-14,16-17H,15H2,1-3H3,(H,28,31). The second-order valence-electron chi connectivity index (χ2n) is 8.42. The van der Waals surface area contributed by atoms with E-state index in [1.807, 2.05) is 56.3 Å². The number of thiazole rings is 1. The van der Waals surface area contributed by atoms with E-state index in [9.17, 15) is 4.79 Å². The molecule has 6 heteroatoms. The first-order chi connectivity index (χ1) is 16.0. The Kier molecular flexibility index (Phi) is 5.60. The van der Waals surface area contributed by atoms with E-state index in [4.69, 9.17) is 9.72 Å². The van der Waals surface area contributed by atoms with Crippen molar-refractivity contribution in [2.24, 2.45) is 0 Å². The third kappa shape index (κ3) is 4.47. The van der Waals surface area contributed by atoms with E-state index in [0.29, 0.717) is 12.1 Å². The van der Waals surface area contributed by atoms with Crippen molar-refractivity contribution in [3.63, 3.8) is 0 Å². The van der Waals surface area contributed by atoms with Gasteiger partial charge >= 0.3 is 0 Å². The molecule has 0 atom stereocenters. The average Bonchev–Trinajstić information content (AvgIpc) is 3.36. The summed E-state index contributed by atoms with van der Waals surface area (Å²) >= 11 is 1.59. The summed E-state index contributed by atoms with van der Waals surface area (Å²) in [4.78, 5) is 18.5. The summed E-state index contributed by atoms with van der Waals surface area (Å²) < 4.78 is 8.80. The Morgan fingerprint density at radius 3 is 2.55 bits per heavy atom. The van der Waals surface area contributed by atoms with E-state index < -0.39 is 0 Å². The summed E-state index contributed by atoms with van der Waals surface area (Å²) in [6.45, 7) is 6.54. The van der Waals surface area contributed by atoms with Gasteiger partial charge in [-0.25, -0.2) is 4.98 Å². The Hall–Kier alpha value is -3.64. The maximum Gasteiger partial charge on any atom is 0.251 e. The highest BCUT2D eigenvalue weighted by molar-refractivity contribution is 7.23. The van der Waals surface area contributed by atoms with Crippen LogP contribution < -0.4 is 10.1 Å². The van der Waals surface area contributed by atoms with E-state index >= 15 is 0 Å². The molecule has 0 unspecified atom stereocenters. The number of hydrogen-bond acceptors (Lipinski definition) is 4. The van der Waals surface area contributed by atoms with Crippen LogP contribution in [0.1, 0.15) is 35.3 Å². The number of carbonyl (C=O) groups excluding carboxylic acids is 1. The molecule has 33 heavy (non-hydrogen) atoms. The van der Waals surface area contributed by atoms with Gasteiger partial charge in [0.15, 0.2) is 4.96 Å². The predicted molar refractivity (Wildman–Crippen MR) is 134 cm³/mol. The molecule has 5 nitrogen and oxygen atoms in total. The number of nitrogens with zero attached hydrogens (tertiary/aromatic N) is 2. The number of nitrogens with one attached hydrogen (secondary N) is 1. The minimum Gasteiger partial charge on any atom is -0.491 e. The Morgan fingerprint density at radius 1 is 1.06 bits per heavy atom. The number of amides is 1. The zero-order valence-electron chi connectivity index (χ0n) is 18.8. The first-order valence-electron chi connectivity index (χ1n) is 11.0. The molecule has 0 saturated carbocycles. The molecule has 0 radical (unpaired) electrons. The lowest BCUT2D eigenvalue weighted by molar-refractivity contribution is 0.0951. The SMILES string of the molecule is Cc1ccc(-c2cn3c(n2)sc2cc(C(=O)NCc4ccc(OC(C)C)cc4)ccc23)cc1. The zero-order chi connectivity index (χ0) is 22.9. The van der Waals surface area contributed by atoms with Gasteiger partial charge in [-0.3, -0.25) is 9.20 Å². The molecule has 5 rings (SSSR count). The minimum atomic E-state index is -0.0919. The average molecular weight is 456 g/mol. The molecule has 0 aliphatic rings. The molecule has 1 N–H and O–H groups in total. The lowest BCUT2D eigenvalue weighted by atomic mass is 10.1. The van der Waals surface area contributed by atoms with Crippen molar-refractivity contribution in [3.05, 3.63) is 89.6 Å². The van der Waals surface area contributed by atoms with Gasteiger partial charge in [-0.05, 0) is 56.7 Å². The number of aromatic nitrogens is 2. The number of fused-ring (bicyclic) bond motifs is 3. The van der Waals surface area contributed by atoms with Crippen molar-refractivity contribution in [3.8, 4) is 17.0 Å². The summed E-state index contributed by atoms with van der Waals surface area (Å²) in [5.74, 6) is 0.740. The Morgan fingerprint density at radius 2 is 1.82 bits per heavy atom. The van der Waals surface area contributed by atoms with Gasteiger partial charge in [-0.1, -0.05) is 53.3 Å². The van der Waals surface area contributed by atoms with E-state index in [-0.39, 0.29) is 12.0 Å². The van der Waals surface area contributed by atoms with Crippen LogP contribution >= 0.6 is 11.3 Å². The maximum absolute atomic E-state index is 12.7. The fraction of sp³-hybridized carbons (Fsp3) is 0.185. The Labute approximate surface area is 196 Å². The van der Waals surface area contributed by atoms with Crippen molar-refractivity contribution in [1.29, 1.82) is 0 Å². The number of aryl methyl sites for hydroxylation is 1. The van der Waals surface area contributed by atoms with Gasteiger partial charge in [-0.2, -0.15) is 0 Å². The molecule has 0 aliphatic heterocycles. The van der Waals surface area contributed by atoms with Crippen LogP contribution in [0.25, 0.3) is 26.4 Å². The summed E-state index contributed by atoms with van der Waals surface area (Å²) in [5, 5.41) is 3.01. The summed E-state index contributed by atoms with van der Waals surface area (Å²) in [5.41, 5.74) is 6.01. The van der Waals surface area contributed by atoms with Gasteiger partial charge in [-0.15, -0.1) is 0 Å². The van der Waals surface area contributed by atoms with Crippen LogP contribution in [0.4, 0.5) is 0 Å². The fourth-order valence-electron chi connectivity index (χ4n) is 3.75. The van der Waals surface area contributed by atoms with Gasteiger partial charge < -0.3 is 10.1 Å². The Balaban J connectivity index is 1.31. The van der Waals surface area contributed by atoms with Crippen LogP contribution in [0.5, 0.6) is 5.75 Å². The highest BCUT2D eigenvalue weighted by Gasteiger charge is 2.13. The van der Waals surface area contributed by atoms with Crippen LogP contribution in [0.3, 0.4) is 0 Å². The van der Waals surface area contributed by atoms with Crippen molar-refractivity contribution in [1.82, 2.24) is 14.7 Å². The second kappa shape index (κ2) is 8.71. The van der Waals surface area contributed by atoms with Gasteiger partial charge in [0.25, 0.3) is 5.91 Å². The van der Waals surface area contributed by atoms with Crippen LogP contribution in [0.2, 0.25) is 0 Å². The molecule has 3 aromatic carbocycles. The highest BCUT2D eigenvalue weighted by atomic mass is 32.1. The van der Waals surface area contributed by atoms with Crippen molar-refractivity contribution in [2.75, 3.05) is 0 Å². The molecule has 0 spiro atoms. The van der Waals surface area contributed by atoms with Crippen LogP contribution in [0.15, 0.2) is 72.9 Å². The van der Waals surface area contributed by atoms with E-state index in [0.717, 1.165) is 37.7 Å². The Bertz CT molecular complexity index is 1430. The maximum atomic E-state index is 12.7. The highest BCUT2D eigenvalue weighted by Crippen LogP contribution is 2.30. The smallest absolute Gasteiger partial charge is 0.251 e. The third-order valence-corrected chi connectivity index (χ3v) is 6.47. The first-order valence-corrected chi connectivity index (χ1v) is 11.8. The number of imidazole rings is 1. The zero-order valence-corrected chi connectivity index (χ0v) is 19.6. The van der Waals surface area contributed by atoms with Crippen LogP contribution in [-0.2, 0) is 6.54 Å². The minimum absolute atomic E-state index is 0.0919. The molecule has 0 bridgehead atoms. The molecule has 166 valence electrons. The number of rotatable bonds is 6. The molecule has 2 aromatic heterocycles. The normalized spacial score (nSPS) is 11.4. The second-order valence-corrected chi connectivity index (χ2v) is 9.43. The topological polar surface area (TPSA) is 55.6 Å². The molecule has 0 fully saturated rings. The number of hydrogen-bond donors (Lipinski definition) is 1. The quantitative estimate of drug-likeness (QED) is 0.330. The van der Waals surface area contributed by atoms with Crippen molar-refractivity contribution in [2.45, 2.75) is 33.4 Å². The molecular weight excluding hydrogens is 430 g/mol.